The van der Waals surface area contributed by atoms with Crippen LogP contribution in [0.25, 0.3) is 10.9 Å². The number of carboxylic acids is 4. The van der Waals surface area contributed by atoms with Crippen molar-refractivity contribution in [1.29, 1.82) is 0 Å². The number of aliphatic carboxylic acids is 4. The van der Waals surface area contributed by atoms with E-state index < -0.39 is 88.3 Å². The van der Waals surface area contributed by atoms with Crippen LogP contribution in [0.4, 0.5) is 5.69 Å². The van der Waals surface area contributed by atoms with Crippen molar-refractivity contribution in [3.8, 4) is 5.75 Å². The number of nitrogens with zero attached hydrogens (tertiary/aromatic N) is 3. The minimum atomic E-state index is -2.27. The summed E-state index contributed by atoms with van der Waals surface area (Å²) in [4.78, 5) is 92.2. The minimum absolute atomic E-state index is 0.0456. The van der Waals surface area contributed by atoms with Crippen LogP contribution in [0.3, 0.4) is 0 Å². The molecule has 5 unspecified atom stereocenters. The summed E-state index contributed by atoms with van der Waals surface area (Å²) in [6, 6.07) is 11.8. The number of rotatable bonds is 15. The molecule has 7 aliphatic rings. The zero-order valence-corrected chi connectivity index (χ0v) is 46.0. The third-order valence-corrected chi connectivity index (χ3v) is 17.8. The van der Waals surface area contributed by atoms with Crippen molar-refractivity contribution in [2.75, 3.05) is 65.4 Å². The van der Waals surface area contributed by atoms with Gasteiger partial charge in [-0.2, -0.15) is 0 Å². The van der Waals surface area contributed by atoms with Crippen LogP contribution < -0.4 is 15.0 Å². The molecule has 3 aromatic rings. The molecule has 1 spiro atoms. The van der Waals surface area contributed by atoms with Crippen molar-refractivity contribution in [2.24, 2.45) is 17.3 Å². The molecular formula is C57H73N5O19. The molecule has 10 rings (SSSR count). The highest BCUT2D eigenvalue weighted by molar-refractivity contribution is 5.94. The number of aliphatic hydroxyl groups excluding tert-OH is 4. The number of carboxylic acid groups (broad SMARTS) is 4. The number of fused-ring (bicyclic) bond motifs is 6. The van der Waals surface area contributed by atoms with E-state index in [1.807, 2.05) is 13.1 Å². The van der Waals surface area contributed by atoms with Crippen LogP contribution in [-0.4, -0.2) is 211 Å². The highest BCUT2D eigenvalue weighted by Crippen LogP contribution is 2.68. The van der Waals surface area contributed by atoms with E-state index in [1.54, 1.807) is 7.11 Å². The summed E-state index contributed by atoms with van der Waals surface area (Å²) < 4.78 is 18.9. The molecule has 3 fully saturated rings. The maximum absolute atomic E-state index is 15.4. The molecule has 1 saturated heterocycles. The van der Waals surface area contributed by atoms with Gasteiger partial charge in [0.1, 0.15) is 22.9 Å². The predicted octanol–water partition coefficient (Wildman–Crippen LogP) is 0.904. The van der Waals surface area contributed by atoms with E-state index >= 15 is 4.79 Å². The number of aromatic amines is 1. The number of methoxy groups -OCH3 is 2. The molecule has 1 amide bonds. The van der Waals surface area contributed by atoms with E-state index in [0.29, 0.717) is 25.0 Å². The van der Waals surface area contributed by atoms with Crippen LogP contribution in [0, 0.1) is 17.3 Å². The Morgan fingerprint density at radius 2 is 1.48 bits per heavy atom. The number of para-hydroxylation sites is 1. The Labute approximate surface area is 466 Å². The van der Waals surface area contributed by atoms with Crippen molar-refractivity contribution in [3.05, 3.63) is 82.6 Å². The number of H-pyrrole nitrogens is 1. The van der Waals surface area contributed by atoms with Crippen LogP contribution in [0.15, 0.2) is 60.2 Å². The number of amides is 1. The molecule has 13 atom stereocenters. The smallest absolute Gasteiger partial charge is 0.335 e. The lowest BCUT2D eigenvalue weighted by molar-refractivity contribution is -0.217. The number of benzene rings is 2. The average Bonchev–Trinajstić information content (AvgIpc) is 3.09. The number of aliphatic hydroxyl groups is 5. The molecule has 81 heavy (non-hydrogen) atoms. The van der Waals surface area contributed by atoms with Gasteiger partial charge in [-0.3, -0.25) is 24.2 Å². The molecule has 24 heteroatoms. The summed E-state index contributed by atoms with van der Waals surface area (Å²) in [6.07, 6.45) is 1.83. The van der Waals surface area contributed by atoms with E-state index in [2.05, 4.69) is 87.4 Å². The molecule has 2 aromatic carbocycles. The number of likely N-dealkylation sites (N-methyl/N-ethyl adjacent to an activating group) is 1. The van der Waals surface area contributed by atoms with Gasteiger partial charge in [-0.15, -0.1) is 0 Å². The maximum atomic E-state index is 15.4. The first-order valence-electron chi connectivity index (χ1n) is 27.1. The molecule has 24 nitrogen and oxygen atoms in total. The van der Waals surface area contributed by atoms with Crippen molar-refractivity contribution in [2.45, 2.75) is 125 Å². The molecule has 2 saturated carbocycles. The highest BCUT2D eigenvalue weighted by atomic mass is 16.6. The number of hydrogen-bond acceptors (Lipinski definition) is 18. The van der Waals surface area contributed by atoms with Crippen molar-refractivity contribution >= 4 is 58.3 Å². The van der Waals surface area contributed by atoms with Crippen molar-refractivity contribution < 1.29 is 93.7 Å². The number of hydrogen-bond donors (Lipinski definition) is 11. The Kier molecular flexibility index (Phi) is 17.2. The standard InChI is InChI=1S/C49H61N5O7.2C4H6O6/c1-7-30-22-31-25-48(45(57)60-6,40-34(16-20-53(26-30)27-31)33-12-9-10-13-37(33)51-40)36-23-35-38(24-39(36)59-5)52(4)43-47(35)18-21-54-19-11-17-46(8-2,42(47)54)44(61-29(3)55)49(43,58)28-50-41(56)32-14-15-32;2*5-1(3(7)8)2(6)4(9)10/h9-13,17,22-24,31-32,42-44,51,58H,7-8,14-16,18-21,25-28H2,1-6H3,(H,50,56);2*1-2,5-6H,(H,7,8)(H,9,10)/t31-,42-,43+,44+,46+,47+,48-,49-;;/m0../s1. The number of anilines is 1. The number of nitrogens with one attached hydrogen (secondary N) is 2. The minimum Gasteiger partial charge on any atom is -0.496 e. The lowest BCUT2D eigenvalue weighted by atomic mass is 9.47. The fourth-order valence-electron chi connectivity index (χ4n) is 14.3. The normalized spacial score (nSPS) is 30.1. The summed E-state index contributed by atoms with van der Waals surface area (Å²) in [6.45, 7) is 9.74. The molecule has 1 aromatic heterocycles. The first kappa shape index (κ1) is 60.2. The quantitative estimate of drug-likeness (QED) is 0.0744. The second-order valence-electron chi connectivity index (χ2n) is 22.3. The van der Waals surface area contributed by atoms with E-state index in [0.717, 1.165) is 97.4 Å². The van der Waals surface area contributed by atoms with Gasteiger partial charge in [0.05, 0.1) is 26.8 Å². The van der Waals surface area contributed by atoms with Crippen molar-refractivity contribution in [1.82, 2.24) is 20.1 Å². The molecule has 6 heterocycles. The lowest BCUT2D eigenvalue weighted by Gasteiger charge is -2.64. The molecular weight excluding hydrogens is 1060 g/mol. The zero-order chi connectivity index (χ0) is 59.3. The van der Waals surface area contributed by atoms with Gasteiger partial charge in [0.25, 0.3) is 0 Å². The van der Waals surface area contributed by atoms with Crippen LogP contribution >= 0.6 is 0 Å². The number of carbonyl (C=O) groups excluding carboxylic acids is 3. The van der Waals surface area contributed by atoms with E-state index in [-0.39, 0.29) is 36.3 Å². The van der Waals surface area contributed by atoms with E-state index in [4.69, 9.17) is 55.1 Å². The van der Waals surface area contributed by atoms with E-state index in [9.17, 15) is 33.9 Å². The average molecular weight is 1130 g/mol. The lowest BCUT2D eigenvalue weighted by Crippen LogP contribution is -2.81. The summed E-state index contributed by atoms with van der Waals surface area (Å²) in [5, 5.41) is 83.1. The number of esters is 2. The first-order valence-corrected chi connectivity index (χ1v) is 27.1. The van der Waals surface area contributed by atoms with E-state index in [1.165, 1.54) is 19.6 Å². The Bertz CT molecular complexity index is 2960. The Morgan fingerprint density at radius 3 is 2.04 bits per heavy atom. The maximum Gasteiger partial charge on any atom is 0.335 e. The first-order chi connectivity index (χ1) is 38.3. The van der Waals surface area contributed by atoms with Gasteiger partial charge in [0, 0.05) is 96.9 Å². The Hall–Kier alpha value is -6.93. The number of ether oxygens (including phenoxy) is 3. The van der Waals surface area contributed by atoms with Gasteiger partial charge in [-0.05, 0) is 80.7 Å². The summed E-state index contributed by atoms with van der Waals surface area (Å²) in [7, 11) is 5.17. The van der Waals surface area contributed by atoms with Gasteiger partial charge in [0.15, 0.2) is 24.4 Å². The molecule has 0 radical (unpaired) electrons. The van der Waals surface area contributed by atoms with Crippen LogP contribution in [-0.2, 0) is 60.3 Å². The third kappa shape index (κ3) is 10.3. The van der Waals surface area contributed by atoms with Crippen LogP contribution in [0.5, 0.6) is 5.75 Å². The Morgan fingerprint density at radius 1 is 0.852 bits per heavy atom. The van der Waals surface area contributed by atoms with Crippen molar-refractivity contribution in [3.63, 3.8) is 0 Å². The SMILES string of the molecule is CCC1=C[C@@H]2CN(CCc3c([nH]c4ccccc34)[C@@](C(=O)OC)(c3cc4c(cc3OC)N(C)[C@H]3[C@@](O)(CNC(=O)C5CC5)[C@H](OC(C)=O)[C@]5(CC)C=CCN6CC[C@]43[C@@H]65)C2)C1.O=C(O)C(O)C(O)C(=O)O.O=C(O)C(O)C(O)C(=O)O. The largest absolute Gasteiger partial charge is 0.496 e. The zero-order valence-electron chi connectivity index (χ0n) is 46.0. The fraction of sp³-hybridized carbons (Fsp3) is 0.561. The summed E-state index contributed by atoms with van der Waals surface area (Å²) in [5.74, 6) is -7.44. The second kappa shape index (κ2) is 23.1. The molecule has 2 aliphatic carbocycles. The molecule has 11 N–H and O–H groups in total. The predicted molar refractivity (Wildman–Crippen MR) is 287 cm³/mol. The molecule has 2 bridgehead atoms. The van der Waals surface area contributed by atoms with Gasteiger partial charge in [0.2, 0.25) is 5.91 Å². The fourth-order valence-corrected chi connectivity index (χ4v) is 14.3. The highest BCUT2D eigenvalue weighted by Gasteiger charge is 2.78. The van der Waals surface area contributed by atoms with Gasteiger partial charge in [-0.25, -0.2) is 19.2 Å². The van der Waals surface area contributed by atoms with Gasteiger partial charge >= 0.3 is 35.8 Å². The van der Waals surface area contributed by atoms with Gasteiger partial charge < -0.3 is 75.4 Å². The third-order valence-electron chi connectivity index (χ3n) is 17.8. The van der Waals surface area contributed by atoms with Crippen LogP contribution in [0.1, 0.15) is 81.7 Å². The topological polar surface area (TPSA) is 367 Å². The number of carbonyl (C=O) groups is 7. The summed E-state index contributed by atoms with van der Waals surface area (Å²) in [5.41, 5.74) is 2.43. The molecule has 440 valence electrons. The monoisotopic (exact) mass is 1130 g/mol. The molecule has 5 aliphatic heterocycles. The van der Waals surface area contributed by atoms with Crippen LogP contribution in [0.2, 0.25) is 0 Å². The Balaban J connectivity index is 0.000000367. The van der Waals surface area contributed by atoms with Gasteiger partial charge in [-0.1, -0.05) is 55.8 Å². The second-order valence-corrected chi connectivity index (χ2v) is 22.3. The number of aromatic nitrogens is 1. The summed E-state index contributed by atoms with van der Waals surface area (Å²) >= 11 is 0.